The summed E-state index contributed by atoms with van der Waals surface area (Å²) in [6, 6.07) is 22.1. The van der Waals surface area contributed by atoms with E-state index in [0.717, 1.165) is 19.6 Å². The Balaban J connectivity index is 1.55. The minimum absolute atomic E-state index is 0.293. The van der Waals surface area contributed by atoms with Crippen molar-refractivity contribution in [2.75, 3.05) is 13.1 Å². The molecule has 2 heteroatoms. The largest absolute Gasteiger partial charge is 0.309 e. The molecule has 0 radical (unpaired) electrons. The number of hydrogen-bond donors (Lipinski definition) is 1. The van der Waals surface area contributed by atoms with Gasteiger partial charge in [0.15, 0.2) is 0 Å². The maximum absolute atomic E-state index is 3.79. The summed E-state index contributed by atoms with van der Waals surface area (Å²) in [4.78, 5) is 2.59. The van der Waals surface area contributed by atoms with Crippen molar-refractivity contribution in [2.24, 2.45) is 5.41 Å². The summed E-state index contributed by atoms with van der Waals surface area (Å²) < 4.78 is 0. The van der Waals surface area contributed by atoms with E-state index in [-0.39, 0.29) is 0 Å². The van der Waals surface area contributed by atoms with Gasteiger partial charge in [-0.15, -0.1) is 0 Å². The minimum atomic E-state index is 0.293. The van der Waals surface area contributed by atoms with Crippen LogP contribution in [0.2, 0.25) is 0 Å². The van der Waals surface area contributed by atoms with E-state index in [1.807, 2.05) is 0 Å². The van der Waals surface area contributed by atoms with E-state index in [4.69, 9.17) is 0 Å². The number of nitrogens with one attached hydrogen (secondary N) is 1. The lowest BCUT2D eigenvalue weighted by molar-refractivity contribution is 0.0719. The van der Waals surface area contributed by atoms with E-state index < -0.39 is 0 Å². The van der Waals surface area contributed by atoms with Crippen LogP contribution < -0.4 is 5.32 Å². The third-order valence-corrected chi connectivity index (χ3v) is 4.95. The first-order valence-electron chi connectivity index (χ1n) is 8.67. The molecule has 0 spiro atoms. The average Bonchev–Trinajstić information content (AvgIpc) is 2.55. The van der Waals surface area contributed by atoms with Gasteiger partial charge < -0.3 is 5.32 Å². The summed E-state index contributed by atoms with van der Waals surface area (Å²) in [5, 5.41) is 3.79. The zero-order valence-corrected chi connectivity index (χ0v) is 14.3. The Labute approximate surface area is 140 Å². The molecule has 0 aromatic heterocycles. The Kier molecular flexibility index (Phi) is 5.14. The van der Waals surface area contributed by atoms with Crippen LogP contribution in [0.4, 0.5) is 0 Å². The van der Waals surface area contributed by atoms with Gasteiger partial charge in [-0.1, -0.05) is 74.5 Å². The molecule has 1 fully saturated rings. The lowest BCUT2D eigenvalue weighted by Crippen LogP contribution is -2.53. The molecule has 1 saturated heterocycles. The predicted molar refractivity (Wildman–Crippen MR) is 97.2 cm³/mol. The molecular weight excluding hydrogens is 280 g/mol. The molecule has 122 valence electrons. The Morgan fingerprint density at radius 1 is 0.957 bits per heavy atom. The second-order valence-corrected chi connectivity index (χ2v) is 7.39. The molecule has 0 saturated carbocycles. The highest BCUT2D eigenvalue weighted by atomic mass is 15.2. The zero-order valence-electron chi connectivity index (χ0n) is 14.3. The van der Waals surface area contributed by atoms with E-state index in [9.17, 15) is 0 Å². The van der Waals surface area contributed by atoms with E-state index >= 15 is 0 Å². The van der Waals surface area contributed by atoms with Crippen molar-refractivity contribution in [3.8, 4) is 0 Å². The third-order valence-electron chi connectivity index (χ3n) is 4.95. The van der Waals surface area contributed by atoms with Gasteiger partial charge in [0, 0.05) is 32.2 Å². The van der Waals surface area contributed by atoms with Gasteiger partial charge in [0.2, 0.25) is 0 Å². The molecule has 1 unspecified atom stereocenters. The van der Waals surface area contributed by atoms with E-state index in [1.54, 1.807) is 0 Å². The SMILES string of the molecule is CC1(C)CN(Cc2ccccc2)CCC1NCc1ccccc1. The summed E-state index contributed by atoms with van der Waals surface area (Å²) in [5.41, 5.74) is 3.08. The van der Waals surface area contributed by atoms with Crippen LogP contribution in [0.5, 0.6) is 0 Å². The highest BCUT2D eigenvalue weighted by molar-refractivity contribution is 5.16. The average molecular weight is 308 g/mol. The lowest BCUT2D eigenvalue weighted by atomic mass is 9.79. The van der Waals surface area contributed by atoms with Crippen molar-refractivity contribution < 1.29 is 0 Å². The summed E-state index contributed by atoms with van der Waals surface area (Å²) in [5.74, 6) is 0. The van der Waals surface area contributed by atoms with Crippen molar-refractivity contribution in [1.82, 2.24) is 10.2 Å². The fourth-order valence-electron chi connectivity index (χ4n) is 3.66. The van der Waals surface area contributed by atoms with Gasteiger partial charge in [-0.2, -0.15) is 0 Å². The van der Waals surface area contributed by atoms with Crippen LogP contribution in [0.15, 0.2) is 60.7 Å². The van der Waals surface area contributed by atoms with Gasteiger partial charge in [-0.25, -0.2) is 0 Å². The molecule has 3 rings (SSSR count). The van der Waals surface area contributed by atoms with E-state index in [1.165, 1.54) is 24.1 Å². The van der Waals surface area contributed by atoms with Gasteiger partial charge in [0.1, 0.15) is 0 Å². The van der Waals surface area contributed by atoms with Crippen LogP contribution in [-0.2, 0) is 13.1 Å². The van der Waals surface area contributed by atoms with Gasteiger partial charge >= 0.3 is 0 Å². The van der Waals surface area contributed by atoms with Gasteiger partial charge in [-0.05, 0) is 23.0 Å². The van der Waals surface area contributed by atoms with Crippen molar-refractivity contribution >= 4 is 0 Å². The maximum atomic E-state index is 3.79. The smallest absolute Gasteiger partial charge is 0.0233 e. The van der Waals surface area contributed by atoms with Crippen molar-refractivity contribution in [3.63, 3.8) is 0 Å². The molecule has 23 heavy (non-hydrogen) atoms. The summed E-state index contributed by atoms with van der Waals surface area (Å²) in [6.07, 6.45) is 1.21. The van der Waals surface area contributed by atoms with Crippen LogP contribution >= 0.6 is 0 Å². The fraction of sp³-hybridized carbons (Fsp3) is 0.429. The molecule has 1 atom stereocenters. The summed E-state index contributed by atoms with van der Waals surface area (Å²) >= 11 is 0. The number of piperidine rings is 1. The first-order valence-corrected chi connectivity index (χ1v) is 8.67. The second kappa shape index (κ2) is 7.29. The molecule has 0 amide bonds. The Bertz CT molecular complexity index is 592. The fourth-order valence-corrected chi connectivity index (χ4v) is 3.66. The van der Waals surface area contributed by atoms with Crippen molar-refractivity contribution in [3.05, 3.63) is 71.8 Å². The molecule has 2 aromatic carbocycles. The van der Waals surface area contributed by atoms with Gasteiger partial charge in [0.05, 0.1) is 0 Å². The van der Waals surface area contributed by atoms with Crippen LogP contribution in [0.25, 0.3) is 0 Å². The predicted octanol–water partition coefficient (Wildman–Crippen LogP) is 4.08. The minimum Gasteiger partial charge on any atom is -0.309 e. The Morgan fingerprint density at radius 3 is 2.17 bits per heavy atom. The molecule has 2 aromatic rings. The summed E-state index contributed by atoms with van der Waals surface area (Å²) in [6.45, 7) is 9.14. The number of nitrogens with zero attached hydrogens (tertiary/aromatic N) is 1. The van der Waals surface area contributed by atoms with E-state index in [2.05, 4.69) is 84.7 Å². The molecule has 1 N–H and O–H groups in total. The van der Waals surface area contributed by atoms with Crippen molar-refractivity contribution in [1.29, 1.82) is 0 Å². The first kappa shape index (κ1) is 16.2. The number of rotatable bonds is 5. The first-order chi connectivity index (χ1) is 11.1. The number of hydrogen-bond acceptors (Lipinski definition) is 2. The topological polar surface area (TPSA) is 15.3 Å². The van der Waals surface area contributed by atoms with E-state index in [0.29, 0.717) is 11.5 Å². The molecule has 1 aliphatic heterocycles. The molecule has 1 aliphatic rings. The van der Waals surface area contributed by atoms with Crippen LogP contribution in [-0.4, -0.2) is 24.0 Å². The number of likely N-dealkylation sites (tertiary alicyclic amines) is 1. The highest BCUT2D eigenvalue weighted by Crippen LogP contribution is 2.30. The molecule has 1 heterocycles. The molecule has 0 bridgehead atoms. The van der Waals surface area contributed by atoms with Gasteiger partial charge in [-0.3, -0.25) is 4.90 Å². The quantitative estimate of drug-likeness (QED) is 0.895. The second-order valence-electron chi connectivity index (χ2n) is 7.39. The molecule has 0 aliphatic carbocycles. The molecular formula is C21H28N2. The molecule has 2 nitrogen and oxygen atoms in total. The Hall–Kier alpha value is -1.64. The normalized spacial score (nSPS) is 21.2. The third kappa shape index (κ3) is 4.43. The number of benzene rings is 2. The highest BCUT2D eigenvalue weighted by Gasteiger charge is 2.35. The van der Waals surface area contributed by atoms with Crippen LogP contribution in [0.1, 0.15) is 31.4 Å². The standard InChI is InChI=1S/C21H28N2/c1-21(2)17-23(16-19-11-7-4-8-12-19)14-13-20(21)22-15-18-9-5-3-6-10-18/h3-12,20,22H,13-17H2,1-2H3. The van der Waals surface area contributed by atoms with Crippen LogP contribution in [0, 0.1) is 5.41 Å². The lowest BCUT2D eigenvalue weighted by Gasteiger charge is -2.45. The zero-order chi connectivity index (χ0) is 16.1. The summed E-state index contributed by atoms with van der Waals surface area (Å²) in [7, 11) is 0. The maximum Gasteiger partial charge on any atom is 0.0233 e. The van der Waals surface area contributed by atoms with Gasteiger partial charge in [0.25, 0.3) is 0 Å². The monoisotopic (exact) mass is 308 g/mol. The van der Waals surface area contributed by atoms with Crippen LogP contribution in [0.3, 0.4) is 0 Å². The Morgan fingerprint density at radius 2 is 1.57 bits per heavy atom. The van der Waals surface area contributed by atoms with Crippen molar-refractivity contribution in [2.45, 2.75) is 39.4 Å².